The Morgan fingerprint density at radius 1 is 1.29 bits per heavy atom. The lowest BCUT2D eigenvalue weighted by atomic mass is 10.1. The maximum Gasteiger partial charge on any atom is 0.123 e. The van der Waals surface area contributed by atoms with Gasteiger partial charge in [-0.3, -0.25) is 4.90 Å². The zero-order valence-corrected chi connectivity index (χ0v) is 10.1. The van der Waals surface area contributed by atoms with Crippen LogP contribution >= 0.6 is 0 Å². The standard InChI is InChI=1S/C13H19FN2O/c1-15-5-7-16(8-6-15)10-13(17)11-3-2-4-12(14)9-11/h2-4,9,13,17H,5-8,10H2,1H3. The summed E-state index contributed by atoms with van der Waals surface area (Å²) >= 11 is 0. The van der Waals surface area contributed by atoms with Gasteiger partial charge in [-0.1, -0.05) is 12.1 Å². The summed E-state index contributed by atoms with van der Waals surface area (Å²) in [7, 11) is 2.10. The SMILES string of the molecule is CN1CCN(CC(O)c2cccc(F)c2)CC1. The van der Waals surface area contributed by atoms with Crippen LogP contribution < -0.4 is 0 Å². The molecule has 0 amide bonds. The Kier molecular flexibility index (Phi) is 4.10. The van der Waals surface area contributed by atoms with Gasteiger partial charge in [0.2, 0.25) is 0 Å². The van der Waals surface area contributed by atoms with Crippen molar-refractivity contribution in [1.29, 1.82) is 0 Å². The molecule has 1 fully saturated rings. The lowest BCUT2D eigenvalue weighted by Gasteiger charge is -2.33. The number of rotatable bonds is 3. The van der Waals surface area contributed by atoms with Gasteiger partial charge in [0.25, 0.3) is 0 Å². The first-order chi connectivity index (χ1) is 8.15. The Bertz CT molecular complexity index is 364. The number of aliphatic hydroxyl groups is 1. The van der Waals surface area contributed by atoms with Crippen molar-refractivity contribution in [1.82, 2.24) is 9.80 Å². The highest BCUT2D eigenvalue weighted by atomic mass is 19.1. The van der Waals surface area contributed by atoms with Crippen LogP contribution in [-0.2, 0) is 0 Å². The summed E-state index contributed by atoms with van der Waals surface area (Å²) in [6.45, 7) is 4.55. The molecule has 0 aromatic heterocycles. The van der Waals surface area contributed by atoms with Gasteiger partial charge in [-0.05, 0) is 24.7 Å². The summed E-state index contributed by atoms with van der Waals surface area (Å²) in [5.41, 5.74) is 0.656. The first-order valence-electron chi connectivity index (χ1n) is 5.99. The van der Waals surface area contributed by atoms with Crippen molar-refractivity contribution in [2.75, 3.05) is 39.8 Å². The lowest BCUT2D eigenvalue weighted by molar-refractivity contribution is 0.0803. The van der Waals surface area contributed by atoms with Crippen LogP contribution in [0.4, 0.5) is 4.39 Å². The highest BCUT2D eigenvalue weighted by Crippen LogP contribution is 2.16. The lowest BCUT2D eigenvalue weighted by Crippen LogP contribution is -2.45. The van der Waals surface area contributed by atoms with Crippen LogP contribution in [-0.4, -0.2) is 54.7 Å². The third-order valence-corrected chi connectivity index (χ3v) is 3.26. The predicted octanol–water partition coefficient (Wildman–Crippen LogP) is 1.11. The van der Waals surface area contributed by atoms with Crippen molar-refractivity contribution in [2.45, 2.75) is 6.10 Å². The van der Waals surface area contributed by atoms with E-state index in [0.29, 0.717) is 12.1 Å². The fraction of sp³-hybridized carbons (Fsp3) is 0.538. The van der Waals surface area contributed by atoms with E-state index in [1.807, 2.05) is 0 Å². The molecule has 1 aromatic carbocycles. The molecule has 0 saturated carbocycles. The van der Waals surface area contributed by atoms with E-state index in [4.69, 9.17) is 0 Å². The zero-order chi connectivity index (χ0) is 12.3. The molecule has 1 heterocycles. The Morgan fingerprint density at radius 2 is 2.00 bits per heavy atom. The number of hydrogen-bond acceptors (Lipinski definition) is 3. The Labute approximate surface area is 101 Å². The normalized spacial score (nSPS) is 20.4. The van der Waals surface area contributed by atoms with E-state index < -0.39 is 6.10 Å². The van der Waals surface area contributed by atoms with Gasteiger partial charge in [-0.2, -0.15) is 0 Å². The van der Waals surface area contributed by atoms with E-state index in [-0.39, 0.29) is 5.82 Å². The van der Waals surface area contributed by atoms with Gasteiger partial charge in [0.1, 0.15) is 5.82 Å². The van der Waals surface area contributed by atoms with E-state index in [2.05, 4.69) is 16.8 Å². The van der Waals surface area contributed by atoms with E-state index in [1.54, 1.807) is 12.1 Å². The van der Waals surface area contributed by atoms with Crippen molar-refractivity contribution in [3.63, 3.8) is 0 Å². The second kappa shape index (κ2) is 5.58. The summed E-state index contributed by atoms with van der Waals surface area (Å²) in [5.74, 6) is -0.292. The molecule has 1 saturated heterocycles. The summed E-state index contributed by atoms with van der Waals surface area (Å²) in [6.07, 6.45) is -0.603. The molecule has 4 heteroatoms. The molecule has 0 spiro atoms. The zero-order valence-electron chi connectivity index (χ0n) is 10.1. The van der Waals surface area contributed by atoms with Gasteiger partial charge in [0, 0.05) is 32.7 Å². The van der Waals surface area contributed by atoms with Crippen molar-refractivity contribution in [3.05, 3.63) is 35.6 Å². The number of halogens is 1. The molecule has 0 aliphatic carbocycles. The van der Waals surface area contributed by atoms with Crippen molar-refractivity contribution in [3.8, 4) is 0 Å². The van der Waals surface area contributed by atoms with E-state index in [1.165, 1.54) is 12.1 Å². The number of nitrogens with zero attached hydrogens (tertiary/aromatic N) is 2. The number of hydrogen-bond donors (Lipinski definition) is 1. The van der Waals surface area contributed by atoms with Crippen LogP contribution in [0.3, 0.4) is 0 Å². The molecule has 1 atom stereocenters. The molecule has 0 radical (unpaired) electrons. The van der Waals surface area contributed by atoms with Crippen LogP contribution in [0.15, 0.2) is 24.3 Å². The van der Waals surface area contributed by atoms with E-state index in [9.17, 15) is 9.50 Å². The minimum atomic E-state index is -0.603. The smallest absolute Gasteiger partial charge is 0.123 e. The number of aliphatic hydroxyl groups excluding tert-OH is 1. The van der Waals surface area contributed by atoms with Gasteiger partial charge in [-0.15, -0.1) is 0 Å². The molecule has 2 rings (SSSR count). The number of piperazine rings is 1. The Morgan fingerprint density at radius 3 is 2.65 bits per heavy atom. The first-order valence-corrected chi connectivity index (χ1v) is 5.99. The molecular formula is C13H19FN2O. The second-order valence-electron chi connectivity index (χ2n) is 4.67. The fourth-order valence-electron chi connectivity index (χ4n) is 2.09. The maximum absolute atomic E-state index is 13.0. The number of benzene rings is 1. The summed E-state index contributed by atoms with van der Waals surface area (Å²) < 4.78 is 13.0. The van der Waals surface area contributed by atoms with Crippen LogP contribution in [0.25, 0.3) is 0 Å². The van der Waals surface area contributed by atoms with Gasteiger partial charge < -0.3 is 10.0 Å². The minimum Gasteiger partial charge on any atom is -0.387 e. The first kappa shape index (κ1) is 12.5. The van der Waals surface area contributed by atoms with Gasteiger partial charge in [0.05, 0.1) is 6.10 Å². The van der Waals surface area contributed by atoms with Gasteiger partial charge in [-0.25, -0.2) is 4.39 Å². The molecule has 17 heavy (non-hydrogen) atoms. The van der Waals surface area contributed by atoms with Crippen molar-refractivity contribution < 1.29 is 9.50 Å². The van der Waals surface area contributed by atoms with Gasteiger partial charge >= 0.3 is 0 Å². The average molecular weight is 238 g/mol. The Balaban J connectivity index is 1.90. The van der Waals surface area contributed by atoms with E-state index in [0.717, 1.165) is 26.2 Å². The molecule has 1 aliphatic rings. The van der Waals surface area contributed by atoms with Crippen molar-refractivity contribution >= 4 is 0 Å². The Hall–Kier alpha value is -0.970. The molecule has 1 aliphatic heterocycles. The van der Waals surface area contributed by atoms with Crippen LogP contribution in [0.2, 0.25) is 0 Å². The molecule has 1 unspecified atom stereocenters. The molecule has 1 N–H and O–H groups in total. The molecular weight excluding hydrogens is 219 g/mol. The second-order valence-corrected chi connectivity index (χ2v) is 4.67. The molecule has 94 valence electrons. The third kappa shape index (κ3) is 3.49. The number of β-amino-alcohol motifs (C(OH)–C–C–N with tert-alkyl or cyclic N) is 1. The van der Waals surface area contributed by atoms with Crippen molar-refractivity contribution in [2.24, 2.45) is 0 Å². The predicted molar refractivity (Wildman–Crippen MR) is 65.3 cm³/mol. The van der Waals surface area contributed by atoms with Gasteiger partial charge in [0.15, 0.2) is 0 Å². The maximum atomic E-state index is 13.0. The van der Waals surface area contributed by atoms with Crippen LogP contribution in [0.5, 0.6) is 0 Å². The summed E-state index contributed by atoms with van der Waals surface area (Å²) in [6, 6.07) is 6.20. The quantitative estimate of drug-likeness (QED) is 0.854. The van der Waals surface area contributed by atoms with E-state index >= 15 is 0 Å². The fourth-order valence-corrected chi connectivity index (χ4v) is 2.09. The highest BCUT2D eigenvalue weighted by molar-refractivity contribution is 5.19. The minimum absolute atomic E-state index is 0.292. The summed E-state index contributed by atoms with van der Waals surface area (Å²) in [5, 5.41) is 10.0. The largest absolute Gasteiger partial charge is 0.387 e. The highest BCUT2D eigenvalue weighted by Gasteiger charge is 2.18. The molecule has 3 nitrogen and oxygen atoms in total. The van der Waals surface area contributed by atoms with Crippen LogP contribution in [0.1, 0.15) is 11.7 Å². The molecule has 0 bridgehead atoms. The third-order valence-electron chi connectivity index (χ3n) is 3.26. The number of likely N-dealkylation sites (N-methyl/N-ethyl adjacent to an activating group) is 1. The topological polar surface area (TPSA) is 26.7 Å². The van der Waals surface area contributed by atoms with Crippen LogP contribution in [0, 0.1) is 5.82 Å². The summed E-state index contributed by atoms with van der Waals surface area (Å²) in [4.78, 5) is 4.49. The monoisotopic (exact) mass is 238 g/mol. The average Bonchev–Trinajstić information content (AvgIpc) is 2.32. The molecule has 1 aromatic rings.